The van der Waals surface area contributed by atoms with Gasteiger partial charge >= 0.3 is 0 Å². The maximum absolute atomic E-state index is 5.35. The highest BCUT2D eigenvalue weighted by Gasteiger charge is 1.95. The van der Waals surface area contributed by atoms with E-state index in [1.807, 2.05) is 13.0 Å². The topological polar surface area (TPSA) is 24.9 Å². The number of aromatic nitrogens is 1. The van der Waals surface area contributed by atoms with Crippen LogP contribution in [-0.4, -0.2) is 11.5 Å². The van der Waals surface area contributed by atoms with Gasteiger partial charge < -0.3 is 5.32 Å². The van der Waals surface area contributed by atoms with Crippen molar-refractivity contribution in [2.24, 2.45) is 0 Å². The Morgan fingerprint density at radius 3 is 3.17 bits per heavy atom. The summed E-state index contributed by atoms with van der Waals surface area (Å²) in [6.07, 6.45) is 1.86. The van der Waals surface area contributed by atoms with Crippen LogP contribution in [0, 0.1) is 6.92 Å². The van der Waals surface area contributed by atoms with Gasteiger partial charge in [-0.25, -0.2) is 4.98 Å². The number of rotatable bonds is 4. The van der Waals surface area contributed by atoms with Crippen LogP contribution in [0.4, 0.5) is 0 Å². The molecule has 0 saturated carbocycles. The molecule has 1 heterocycles. The molecule has 2 nitrogen and oxygen atoms in total. The van der Waals surface area contributed by atoms with Crippen molar-refractivity contribution >= 4 is 22.9 Å². The first-order valence-electron chi connectivity index (χ1n) is 3.70. The lowest BCUT2D eigenvalue weighted by atomic mass is 10.5. The monoisotopic (exact) mass is 202 g/mol. The van der Waals surface area contributed by atoms with Crippen molar-refractivity contribution in [2.45, 2.75) is 13.5 Å². The molecule has 0 aliphatic carbocycles. The Kier molecular flexibility index (Phi) is 4.29. The molecule has 1 aromatic heterocycles. The van der Waals surface area contributed by atoms with Crippen molar-refractivity contribution < 1.29 is 0 Å². The average molecular weight is 203 g/mol. The van der Waals surface area contributed by atoms with Crippen LogP contribution in [0.2, 0.25) is 0 Å². The molecular weight excluding hydrogens is 192 g/mol. The molecule has 0 saturated heterocycles. The van der Waals surface area contributed by atoms with Crippen LogP contribution in [0.25, 0.3) is 0 Å². The number of halogens is 1. The van der Waals surface area contributed by atoms with Gasteiger partial charge in [-0.15, -0.1) is 11.3 Å². The Morgan fingerprint density at radius 1 is 1.75 bits per heavy atom. The van der Waals surface area contributed by atoms with E-state index < -0.39 is 0 Å². The van der Waals surface area contributed by atoms with Gasteiger partial charge in [-0.05, 0) is 6.92 Å². The van der Waals surface area contributed by atoms with Gasteiger partial charge in [-0.1, -0.05) is 17.7 Å². The van der Waals surface area contributed by atoms with Gasteiger partial charge in [-0.2, -0.15) is 0 Å². The Bertz CT molecular complexity index is 257. The van der Waals surface area contributed by atoms with Crippen LogP contribution in [0.3, 0.4) is 0 Å². The zero-order chi connectivity index (χ0) is 8.81. The lowest BCUT2D eigenvalue weighted by Crippen LogP contribution is -2.12. The van der Waals surface area contributed by atoms with Crippen LogP contribution < -0.4 is 5.32 Å². The molecule has 0 bridgehead atoms. The third kappa shape index (κ3) is 3.34. The maximum atomic E-state index is 5.35. The van der Waals surface area contributed by atoms with Crippen LogP contribution >= 0.6 is 22.9 Å². The maximum Gasteiger partial charge on any atom is 0.107 e. The van der Waals surface area contributed by atoms with Crippen molar-refractivity contribution in [3.63, 3.8) is 0 Å². The molecule has 1 N–H and O–H groups in total. The van der Waals surface area contributed by atoms with E-state index in [9.17, 15) is 0 Å². The Hall–Kier alpha value is -0.380. The van der Waals surface area contributed by atoms with Crippen molar-refractivity contribution in [2.75, 3.05) is 6.54 Å². The van der Waals surface area contributed by atoms with E-state index in [4.69, 9.17) is 11.6 Å². The highest BCUT2D eigenvalue weighted by Crippen LogP contribution is 2.07. The highest BCUT2D eigenvalue weighted by molar-refractivity contribution is 7.09. The second-order valence-electron chi connectivity index (χ2n) is 2.38. The number of aryl methyl sites for hydroxylation is 1. The molecule has 0 unspecified atom stereocenters. The summed E-state index contributed by atoms with van der Waals surface area (Å²) in [5, 5.41) is 6.36. The van der Waals surface area contributed by atoms with Crippen molar-refractivity contribution in [1.29, 1.82) is 0 Å². The Labute approximate surface area is 81.3 Å². The minimum atomic E-state index is 0.794. The zero-order valence-corrected chi connectivity index (χ0v) is 8.45. The summed E-state index contributed by atoms with van der Waals surface area (Å²) in [6.45, 7) is 3.61. The molecular formula is C8H11ClN2S. The molecule has 0 radical (unpaired) electrons. The normalized spacial score (nSPS) is 11.2. The van der Waals surface area contributed by atoms with E-state index in [0.717, 1.165) is 23.8 Å². The zero-order valence-electron chi connectivity index (χ0n) is 6.88. The molecule has 0 amide bonds. The standard InChI is InChI=1S/C8H11ClN2S/c1-7-6-12-8(11-7)5-10-4-2-3-9/h2-3,6,10H,4-5H2,1H3/b3-2+. The van der Waals surface area contributed by atoms with E-state index in [1.54, 1.807) is 11.3 Å². The molecule has 0 aliphatic rings. The number of thiazole rings is 1. The quantitative estimate of drug-likeness (QED) is 0.758. The molecule has 0 fully saturated rings. The highest BCUT2D eigenvalue weighted by atomic mass is 35.5. The summed E-state index contributed by atoms with van der Waals surface area (Å²) in [5.41, 5.74) is 2.60. The summed E-state index contributed by atoms with van der Waals surface area (Å²) in [4.78, 5) is 4.31. The van der Waals surface area contributed by atoms with Gasteiger partial charge in [0.2, 0.25) is 0 Å². The van der Waals surface area contributed by atoms with E-state index in [0.29, 0.717) is 0 Å². The van der Waals surface area contributed by atoms with Gasteiger partial charge in [0.1, 0.15) is 5.01 Å². The van der Waals surface area contributed by atoms with E-state index in [-0.39, 0.29) is 0 Å². The molecule has 1 rings (SSSR count). The van der Waals surface area contributed by atoms with Gasteiger partial charge in [0.15, 0.2) is 0 Å². The fourth-order valence-electron chi connectivity index (χ4n) is 0.791. The lowest BCUT2D eigenvalue weighted by Gasteiger charge is -1.95. The SMILES string of the molecule is Cc1csc(CNC/C=C/Cl)n1. The van der Waals surface area contributed by atoms with Crippen molar-refractivity contribution in [1.82, 2.24) is 10.3 Å². The smallest absolute Gasteiger partial charge is 0.107 e. The van der Waals surface area contributed by atoms with E-state index in [1.165, 1.54) is 5.54 Å². The number of hydrogen-bond acceptors (Lipinski definition) is 3. The fraction of sp³-hybridized carbons (Fsp3) is 0.375. The van der Waals surface area contributed by atoms with Gasteiger partial charge in [0.05, 0.1) is 0 Å². The Morgan fingerprint density at radius 2 is 2.58 bits per heavy atom. The molecule has 1 aromatic rings. The molecule has 0 aliphatic heterocycles. The molecule has 0 aromatic carbocycles. The number of hydrogen-bond donors (Lipinski definition) is 1. The number of nitrogens with zero attached hydrogens (tertiary/aromatic N) is 1. The largest absolute Gasteiger partial charge is 0.307 e. The molecule has 66 valence electrons. The summed E-state index contributed by atoms with van der Waals surface area (Å²) >= 11 is 7.03. The lowest BCUT2D eigenvalue weighted by molar-refractivity contribution is 0.753. The van der Waals surface area contributed by atoms with E-state index >= 15 is 0 Å². The minimum Gasteiger partial charge on any atom is -0.307 e. The first-order valence-corrected chi connectivity index (χ1v) is 5.01. The third-order valence-electron chi connectivity index (χ3n) is 1.29. The van der Waals surface area contributed by atoms with Gasteiger partial charge in [0, 0.05) is 29.7 Å². The minimum absolute atomic E-state index is 0.794. The first kappa shape index (κ1) is 9.71. The average Bonchev–Trinajstić information content (AvgIpc) is 2.45. The van der Waals surface area contributed by atoms with Crippen LogP contribution in [-0.2, 0) is 6.54 Å². The number of nitrogens with one attached hydrogen (secondary N) is 1. The first-order chi connectivity index (χ1) is 5.83. The van der Waals surface area contributed by atoms with Crippen LogP contribution in [0.15, 0.2) is 17.0 Å². The predicted molar refractivity (Wildman–Crippen MR) is 53.6 cm³/mol. The van der Waals surface area contributed by atoms with Crippen molar-refractivity contribution in [3.05, 3.63) is 27.7 Å². The van der Waals surface area contributed by atoms with Crippen LogP contribution in [0.1, 0.15) is 10.7 Å². The van der Waals surface area contributed by atoms with Crippen LogP contribution in [0.5, 0.6) is 0 Å². The molecule has 0 spiro atoms. The molecule has 4 heteroatoms. The van der Waals surface area contributed by atoms with E-state index in [2.05, 4.69) is 15.7 Å². The third-order valence-corrected chi connectivity index (χ3v) is 2.44. The van der Waals surface area contributed by atoms with Crippen molar-refractivity contribution in [3.8, 4) is 0 Å². The second-order valence-corrected chi connectivity index (χ2v) is 3.57. The molecule has 0 atom stereocenters. The fourth-order valence-corrected chi connectivity index (χ4v) is 1.62. The summed E-state index contributed by atoms with van der Waals surface area (Å²) in [5.74, 6) is 0. The summed E-state index contributed by atoms with van der Waals surface area (Å²) in [6, 6.07) is 0. The van der Waals surface area contributed by atoms with Gasteiger partial charge in [0.25, 0.3) is 0 Å². The Balaban J connectivity index is 2.24. The summed E-state index contributed by atoms with van der Waals surface area (Å²) < 4.78 is 0. The predicted octanol–water partition coefficient (Wildman–Crippen LogP) is 2.29. The van der Waals surface area contributed by atoms with Gasteiger partial charge in [-0.3, -0.25) is 0 Å². The second kappa shape index (κ2) is 5.30. The molecule has 12 heavy (non-hydrogen) atoms. The summed E-state index contributed by atoms with van der Waals surface area (Å²) in [7, 11) is 0.